The fourth-order valence-electron chi connectivity index (χ4n) is 2.34. The van der Waals surface area contributed by atoms with Crippen molar-refractivity contribution in [2.24, 2.45) is 5.41 Å². The maximum atomic E-state index is 2.48. The quantitative estimate of drug-likeness (QED) is 0.518. The number of allylic oxidation sites excluding steroid dienone is 4. The fraction of sp³-hybridized carbons (Fsp3) is 0.692. The summed E-state index contributed by atoms with van der Waals surface area (Å²) < 4.78 is 0. The Balaban J connectivity index is 2.17. The van der Waals surface area contributed by atoms with Gasteiger partial charge in [-0.25, -0.2) is 0 Å². The minimum absolute atomic E-state index is 0.386. The van der Waals surface area contributed by atoms with Gasteiger partial charge < -0.3 is 0 Å². The summed E-state index contributed by atoms with van der Waals surface area (Å²) in [5.74, 6) is 0. The molecule has 0 heteroatoms. The SMILES string of the molecule is CC(C)(C)C1=CC2=C(CCCC2)C1. The highest BCUT2D eigenvalue weighted by atomic mass is 14.3. The molecule has 0 atom stereocenters. The third kappa shape index (κ3) is 1.72. The Hall–Kier alpha value is -0.520. The molecule has 2 aliphatic rings. The minimum atomic E-state index is 0.386. The molecular formula is C13H20. The van der Waals surface area contributed by atoms with Crippen LogP contribution in [-0.4, -0.2) is 0 Å². The molecule has 0 unspecified atom stereocenters. The molecule has 0 aromatic rings. The molecule has 0 amide bonds. The Bertz CT molecular complexity index is 271. The van der Waals surface area contributed by atoms with Crippen molar-refractivity contribution in [3.8, 4) is 0 Å². The van der Waals surface area contributed by atoms with Crippen LogP contribution in [0.1, 0.15) is 52.9 Å². The molecule has 0 bridgehead atoms. The van der Waals surface area contributed by atoms with Crippen LogP contribution in [-0.2, 0) is 0 Å². The van der Waals surface area contributed by atoms with Crippen molar-refractivity contribution in [2.75, 3.05) is 0 Å². The van der Waals surface area contributed by atoms with Gasteiger partial charge in [0.05, 0.1) is 0 Å². The molecule has 0 aromatic carbocycles. The van der Waals surface area contributed by atoms with Gasteiger partial charge in [-0.3, -0.25) is 0 Å². The lowest BCUT2D eigenvalue weighted by Gasteiger charge is -2.21. The monoisotopic (exact) mass is 176 g/mol. The smallest absolute Gasteiger partial charge is 0.00941 e. The van der Waals surface area contributed by atoms with Crippen molar-refractivity contribution in [2.45, 2.75) is 52.9 Å². The summed E-state index contributed by atoms with van der Waals surface area (Å²) in [7, 11) is 0. The first-order valence-corrected chi connectivity index (χ1v) is 5.49. The summed E-state index contributed by atoms with van der Waals surface area (Å²) in [6.07, 6.45) is 9.30. The van der Waals surface area contributed by atoms with Gasteiger partial charge in [0.25, 0.3) is 0 Å². The largest absolute Gasteiger partial charge is 0.0629 e. The van der Waals surface area contributed by atoms with E-state index in [0.717, 1.165) is 0 Å². The van der Waals surface area contributed by atoms with Gasteiger partial charge in [0, 0.05) is 0 Å². The number of hydrogen-bond acceptors (Lipinski definition) is 0. The van der Waals surface area contributed by atoms with Crippen molar-refractivity contribution in [3.05, 3.63) is 22.8 Å². The summed E-state index contributed by atoms with van der Waals surface area (Å²) in [4.78, 5) is 0. The molecule has 0 fully saturated rings. The fourth-order valence-corrected chi connectivity index (χ4v) is 2.34. The maximum absolute atomic E-state index is 2.48. The molecule has 0 heterocycles. The van der Waals surface area contributed by atoms with Crippen LogP contribution in [0.2, 0.25) is 0 Å². The molecule has 13 heavy (non-hydrogen) atoms. The van der Waals surface area contributed by atoms with Crippen LogP contribution in [0, 0.1) is 5.41 Å². The standard InChI is InChI=1S/C13H20/c1-13(2,3)12-8-10-6-4-5-7-11(10)9-12/h8H,4-7,9H2,1-3H3. The van der Waals surface area contributed by atoms with Gasteiger partial charge in [0.2, 0.25) is 0 Å². The first kappa shape index (κ1) is 9.05. The summed E-state index contributed by atoms with van der Waals surface area (Å²) in [6, 6.07) is 0. The third-order valence-corrected chi connectivity index (χ3v) is 3.34. The highest BCUT2D eigenvalue weighted by Crippen LogP contribution is 2.42. The van der Waals surface area contributed by atoms with Gasteiger partial charge in [-0.1, -0.05) is 38.0 Å². The van der Waals surface area contributed by atoms with Crippen LogP contribution in [0.3, 0.4) is 0 Å². The van der Waals surface area contributed by atoms with E-state index in [2.05, 4.69) is 26.8 Å². The zero-order valence-corrected chi connectivity index (χ0v) is 9.11. The summed E-state index contributed by atoms with van der Waals surface area (Å²) in [5, 5.41) is 0. The number of hydrogen-bond donors (Lipinski definition) is 0. The topological polar surface area (TPSA) is 0 Å². The van der Waals surface area contributed by atoms with Crippen molar-refractivity contribution in [1.29, 1.82) is 0 Å². The highest BCUT2D eigenvalue weighted by molar-refractivity contribution is 5.42. The molecule has 0 aromatic heterocycles. The van der Waals surface area contributed by atoms with E-state index in [0.29, 0.717) is 5.41 Å². The third-order valence-electron chi connectivity index (χ3n) is 3.34. The molecular weight excluding hydrogens is 156 g/mol. The van der Waals surface area contributed by atoms with E-state index in [-0.39, 0.29) is 0 Å². The second-order valence-corrected chi connectivity index (χ2v) is 5.43. The number of rotatable bonds is 0. The molecule has 2 aliphatic carbocycles. The van der Waals surface area contributed by atoms with Gasteiger partial charge >= 0.3 is 0 Å². The second kappa shape index (κ2) is 3.01. The summed E-state index contributed by atoms with van der Waals surface area (Å²) >= 11 is 0. The van der Waals surface area contributed by atoms with Crippen molar-refractivity contribution >= 4 is 0 Å². The molecule has 72 valence electrons. The average Bonchev–Trinajstić information content (AvgIpc) is 2.45. The molecule has 0 aliphatic heterocycles. The molecule has 0 nitrogen and oxygen atoms in total. The Morgan fingerprint density at radius 1 is 1.08 bits per heavy atom. The van der Waals surface area contributed by atoms with Gasteiger partial charge in [0.15, 0.2) is 0 Å². The Morgan fingerprint density at radius 3 is 2.38 bits per heavy atom. The van der Waals surface area contributed by atoms with E-state index < -0.39 is 0 Å². The molecule has 2 rings (SSSR count). The lowest BCUT2D eigenvalue weighted by Crippen LogP contribution is -2.07. The normalized spacial score (nSPS) is 23.2. The Labute approximate surface area is 81.7 Å². The lowest BCUT2D eigenvalue weighted by atomic mass is 9.84. The summed E-state index contributed by atoms with van der Waals surface area (Å²) in [6.45, 7) is 6.99. The zero-order valence-electron chi connectivity index (χ0n) is 9.11. The first-order chi connectivity index (χ1) is 6.07. The van der Waals surface area contributed by atoms with Crippen LogP contribution >= 0.6 is 0 Å². The van der Waals surface area contributed by atoms with E-state index in [4.69, 9.17) is 0 Å². The zero-order chi connectivity index (χ0) is 9.47. The first-order valence-electron chi connectivity index (χ1n) is 5.49. The average molecular weight is 176 g/mol. The maximum Gasteiger partial charge on any atom is -0.00941 e. The molecule has 0 saturated carbocycles. The minimum Gasteiger partial charge on any atom is -0.0629 e. The van der Waals surface area contributed by atoms with Crippen molar-refractivity contribution in [1.82, 2.24) is 0 Å². The molecule has 0 radical (unpaired) electrons. The van der Waals surface area contributed by atoms with Gasteiger partial charge in [-0.15, -0.1) is 0 Å². The second-order valence-electron chi connectivity index (χ2n) is 5.43. The van der Waals surface area contributed by atoms with E-state index in [9.17, 15) is 0 Å². The molecule has 0 spiro atoms. The van der Waals surface area contributed by atoms with E-state index in [1.54, 1.807) is 16.7 Å². The van der Waals surface area contributed by atoms with Crippen LogP contribution in [0.4, 0.5) is 0 Å². The van der Waals surface area contributed by atoms with E-state index in [1.807, 2.05) is 0 Å². The predicted molar refractivity (Wildman–Crippen MR) is 57.6 cm³/mol. The molecule has 0 N–H and O–H groups in total. The van der Waals surface area contributed by atoms with Gasteiger partial charge in [-0.05, 0) is 43.1 Å². The summed E-state index contributed by atoms with van der Waals surface area (Å²) in [5.41, 5.74) is 5.46. The van der Waals surface area contributed by atoms with E-state index in [1.165, 1.54) is 32.1 Å². The van der Waals surface area contributed by atoms with Crippen molar-refractivity contribution < 1.29 is 0 Å². The van der Waals surface area contributed by atoms with Crippen molar-refractivity contribution in [3.63, 3.8) is 0 Å². The van der Waals surface area contributed by atoms with Gasteiger partial charge in [0.1, 0.15) is 0 Å². The van der Waals surface area contributed by atoms with Gasteiger partial charge in [-0.2, -0.15) is 0 Å². The highest BCUT2D eigenvalue weighted by Gasteiger charge is 2.25. The van der Waals surface area contributed by atoms with Crippen LogP contribution < -0.4 is 0 Å². The Morgan fingerprint density at radius 2 is 1.77 bits per heavy atom. The Kier molecular flexibility index (Phi) is 2.09. The predicted octanol–water partition coefficient (Wildman–Crippen LogP) is 4.23. The van der Waals surface area contributed by atoms with Crippen LogP contribution in [0.15, 0.2) is 22.8 Å². The van der Waals surface area contributed by atoms with Crippen LogP contribution in [0.25, 0.3) is 0 Å². The van der Waals surface area contributed by atoms with Crippen LogP contribution in [0.5, 0.6) is 0 Å². The lowest BCUT2D eigenvalue weighted by molar-refractivity contribution is 0.492. The van der Waals surface area contributed by atoms with E-state index >= 15 is 0 Å². The molecule has 0 saturated heterocycles.